The molecule has 1 aliphatic rings. The number of ether oxygens (including phenoxy) is 1. The largest absolute Gasteiger partial charge is 0.495 e. The lowest BCUT2D eigenvalue weighted by atomic mass is 10.1. The predicted octanol–water partition coefficient (Wildman–Crippen LogP) is 2.85. The zero-order valence-electron chi connectivity index (χ0n) is 11.9. The number of hydrogen-bond donors (Lipinski definition) is 1. The number of anilines is 1. The Bertz CT molecular complexity index is 592. The first kappa shape index (κ1) is 16.3. The molecule has 0 spiro atoms. The van der Waals surface area contributed by atoms with Gasteiger partial charge in [-0.1, -0.05) is 6.92 Å². The second-order valence-corrected chi connectivity index (χ2v) is 6.50. The minimum atomic E-state index is -0.567. The molecular formula is C14H16Br2N2O3. The summed E-state index contributed by atoms with van der Waals surface area (Å²) >= 11 is 6.85. The first-order chi connectivity index (χ1) is 9.90. The van der Waals surface area contributed by atoms with Gasteiger partial charge in [-0.2, -0.15) is 0 Å². The Hall–Kier alpha value is -1.08. The number of nitrogens with zero attached hydrogens (tertiary/aromatic N) is 1. The lowest BCUT2D eigenvalue weighted by Crippen LogP contribution is -2.62. The fourth-order valence-corrected chi connectivity index (χ4v) is 3.64. The Kier molecular flexibility index (Phi) is 4.93. The molecule has 1 fully saturated rings. The van der Waals surface area contributed by atoms with Gasteiger partial charge in [-0.25, -0.2) is 0 Å². The van der Waals surface area contributed by atoms with Gasteiger partial charge >= 0.3 is 0 Å². The summed E-state index contributed by atoms with van der Waals surface area (Å²) in [5, 5.41) is 2.74. The van der Waals surface area contributed by atoms with Crippen molar-refractivity contribution in [2.75, 3.05) is 12.0 Å². The number of amides is 2. The Morgan fingerprint density at radius 2 is 1.95 bits per heavy atom. The maximum absolute atomic E-state index is 12.6. The molecule has 1 saturated heterocycles. The smallest absolute Gasteiger partial charge is 0.250 e. The van der Waals surface area contributed by atoms with Crippen molar-refractivity contribution in [3.8, 4) is 5.75 Å². The minimum absolute atomic E-state index is 0.116. The zero-order valence-corrected chi connectivity index (χ0v) is 15.1. The summed E-state index contributed by atoms with van der Waals surface area (Å²) in [5.74, 6) is 0.331. The molecule has 0 radical (unpaired) electrons. The van der Waals surface area contributed by atoms with Crippen LogP contribution in [0.2, 0.25) is 0 Å². The Balaban J connectivity index is 2.52. The van der Waals surface area contributed by atoms with Crippen LogP contribution in [0.3, 0.4) is 0 Å². The third-order valence-electron chi connectivity index (χ3n) is 3.51. The standard InChI is InChI=1S/C14H16Br2N2O3/c1-4-10-14(20)18(7(2)13(19)17-10)11-6-12(21-3)9(16)5-8(11)15/h5-7,10H,4H2,1-3H3,(H,17,19). The molecule has 1 aliphatic heterocycles. The molecule has 1 N–H and O–H groups in total. The van der Waals surface area contributed by atoms with Crippen LogP contribution in [0.25, 0.3) is 0 Å². The van der Waals surface area contributed by atoms with E-state index in [0.717, 1.165) is 8.95 Å². The number of carbonyl (C=O) groups is 2. The van der Waals surface area contributed by atoms with Gasteiger partial charge in [0.05, 0.1) is 17.3 Å². The quantitative estimate of drug-likeness (QED) is 0.819. The topological polar surface area (TPSA) is 58.6 Å². The molecule has 1 aromatic carbocycles. The van der Waals surface area contributed by atoms with Gasteiger partial charge in [0, 0.05) is 10.5 Å². The predicted molar refractivity (Wildman–Crippen MR) is 87.6 cm³/mol. The van der Waals surface area contributed by atoms with Crippen molar-refractivity contribution >= 4 is 49.4 Å². The molecule has 1 heterocycles. The van der Waals surface area contributed by atoms with Gasteiger partial charge in [0.15, 0.2) is 0 Å². The van der Waals surface area contributed by atoms with E-state index in [0.29, 0.717) is 17.9 Å². The second-order valence-electron chi connectivity index (χ2n) is 4.79. The van der Waals surface area contributed by atoms with Gasteiger partial charge < -0.3 is 10.1 Å². The zero-order chi connectivity index (χ0) is 15.7. The normalized spacial score (nSPS) is 22.2. The van der Waals surface area contributed by atoms with Crippen LogP contribution in [-0.2, 0) is 9.59 Å². The van der Waals surface area contributed by atoms with Crippen LogP contribution in [0.5, 0.6) is 5.75 Å². The molecule has 5 nitrogen and oxygen atoms in total. The molecule has 0 aromatic heterocycles. The number of nitrogens with one attached hydrogen (secondary N) is 1. The maximum Gasteiger partial charge on any atom is 0.250 e. The van der Waals surface area contributed by atoms with Gasteiger partial charge in [-0.3, -0.25) is 14.5 Å². The van der Waals surface area contributed by atoms with Gasteiger partial charge in [-0.05, 0) is 51.3 Å². The van der Waals surface area contributed by atoms with E-state index < -0.39 is 12.1 Å². The number of halogens is 2. The molecule has 2 unspecified atom stereocenters. The van der Waals surface area contributed by atoms with E-state index >= 15 is 0 Å². The summed E-state index contributed by atoms with van der Waals surface area (Å²) in [6, 6.07) is 2.49. The van der Waals surface area contributed by atoms with Crippen molar-refractivity contribution in [3.05, 3.63) is 21.1 Å². The monoisotopic (exact) mass is 418 g/mol. The van der Waals surface area contributed by atoms with E-state index in [4.69, 9.17) is 4.74 Å². The molecule has 0 saturated carbocycles. The number of piperazine rings is 1. The van der Waals surface area contributed by atoms with Crippen molar-refractivity contribution < 1.29 is 14.3 Å². The van der Waals surface area contributed by atoms with Crippen LogP contribution in [0.4, 0.5) is 5.69 Å². The highest BCUT2D eigenvalue weighted by atomic mass is 79.9. The highest BCUT2D eigenvalue weighted by Gasteiger charge is 2.39. The molecular weight excluding hydrogens is 404 g/mol. The van der Waals surface area contributed by atoms with Gasteiger partial charge in [0.1, 0.15) is 17.8 Å². The summed E-state index contributed by atoms with van der Waals surface area (Å²) in [4.78, 5) is 26.2. The number of benzene rings is 1. The van der Waals surface area contributed by atoms with E-state index in [1.165, 1.54) is 4.90 Å². The summed E-state index contributed by atoms with van der Waals surface area (Å²) in [5.41, 5.74) is 0.626. The van der Waals surface area contributed by atoms with Crippen molar-refractivity contribution in [2.24, 2.45) is 0 Å². The fourth-order valence-electron chi connectivity index (χ4n) is 2.29. The maximum atomic E-state index is 12.6. The van der Waals surface area contributed by atoms with Gasteiger partial charge in [0.25, 0.3) is 0 Å². The fraction of sp³-hybridized carbons (Fsp3) is 0.429. The van der Waals surface area contributed by atoms with Crippen LogP contribution in [-0.4, -0.2) is 31.0 Å². The van der Waals surface area contributed by atoms with Crippen LogP contribution in [0, 0.1) is 0 Å². The van der Waals surface area contributed by atoms with Gasteiger partial charge in [0.2, 0.25) is 11.8 Å². The van der Waals surface area contributed by atoms with E-state index in [-0.39, 0.29) is 11.8 Å². The summed E-state index contributed by atoms with van der Waals surface area (Å²) in [6.07, 6.45) is 0.555. The molecule has 2 amide bonds. The van der Waals surface area contributed by atoms with Crippen LogP contribution >= 0.6 is 31.9 Å². The third kappa shape index (κ3) is 2.94. The Morgan fingerprint density at radius 1 is 1.29 bits per heavy atom. The van der Waals surface area contributed by atoms with E-state index in [1.807, 2.05) is 13.0 Å². The van der Waals surface area contributed by atoms with E-state index in [1.54, 1.807) is 20.1 Å². The average Bonchev–Trinajstić information content (AvgIpc) is 2.45. The molecule has 7 heteroatoms. The highest BCUT2D eigenvalue weighted by molar-refractivity contribution is 9.11. The molecule has 1 aromatic rings. The number of rotatable bonds is 3. The minimum Gasteiger partial charge on any atom is -0.495 e. The Labute approximate surface area is 140 Å². The summed E-state index contributed by atoms with van der Waals surface area (Å²) in [6.45, 7) is 3.58. The summed E-state index contributed by atoms with van der Waals surface area (Å²) in [7, 11) is 1.56. The number of methoxy groups -OCH3 is 1. The second kappa shape index (κ2) is 6.36. The molecule has 114 valence electrons. The SMILES string of the molecule is CCC1NC(=O)C(C)N(c2cc(OC)c(Br)cc2Br)C1=O. The Morgan fingerprint density at radius 3 is 2.52 bits per heavy atom. The first-order valence-corrected chi connectivity index (χ1v) is 8.15. The molecule has 2 rings (SSSR count). The van der Waals surface area contributed by atoms with Crippen molar-refractivity contribution in [1.82, 2.24) is 5.32 Å². The van der Waals surface area contributed by atoms with Gasteiger partial charge in [-0.15, -0.1) is 0 Å². The van der Waals surface area contributed by atoms with Crippen molar-refractivity contribution in [3.63, 3.8) is 0 Å². The highest BCUT2D eigenvalue weighted by Crippen LogP contribution is 2.38. The molecule has 0 bridgehead atoms. The lowest BCUT2D eigenvalue weighted by molar-refractivity contribution is -0.133. The van der Waals surface area contributed by atoms with Crippen LogP contribution in [0.15, 0.2) is 21.1 Å². The lowest BCUT2D eigenvalue weighted by Gasteiger charge is -2.37. The van der Waals surface area contributed by atoms with Crippen LogP contribution in [0.1, 0.15) is 20.3 Å². The van der Waals surface area contributed by atoms with E-state index in [9.17, 15) is 9.59 Å². The molecule has 2 atom stereocenters. The van der Waals surface area contributed by atoms with E-state index in [2.05, 4.69) is 37.2 Å². The number of hydrogen-bond acceptors (Lipinski definition) is 3. The first-order valence-electron chi connectivity index (χ1n) is 6.57. The van der Waals surface area contributed by atoms with Crippen molar-refractivity contribution in [2.45, 2.75) is 32.4 Å². The molecule has 21 heavy (non-hydrogen) atoms. The van der Waals surface area contributed by atoms with Crippen molar-refractivity contribution in [1.29, 1.82) is 0 Å². The molecule has 0 aliphatic carbocycles. The summed E-state index contributed by atoms with van der Waals surface area (Å²) < 4.78 is 6.77. The van der Waals surface area contributed by atoms with Crippen LogP contribution < -0.4 is 15.0 Å². The third-order valence-corrected chi connectivity index (χ3v) is 4.76. The number of carbonyl (C=O) groups excluding carboxylic acids is 2. The average molecular weight is 420 g/mol.